The Balaban J connectivity index is 1.80. The van der Waals surface area contributed by atoms with Crippen LogP contribution in [0, 0.1) is 6.92 Å². The maximum Gasteiger partial charge on any atom is 0.344 e. The van der Waals surface area contributed by atoms with Gasteiger partial charge in [0.15, 0.2) is 24.7 Å². The van der Waals surface area contributed by atoms with Crippen molar-refractivity contribution >= 4 is 17.6 Å². The molecule has 0 fully saturated rings. The number of carbonyl (C=O) groups is 2. The molecule has 0 saturated heterocycles. The average Bonchev–Trinajstić information content (AvgIpc) is 2.70. The Morgan fingerprint density at radius 2 is 1.69 bits per heavy atom. The molecule has 0 aromatic heterocycles. The molecule has 0 bridgehead atoms. The fraction of sp³-hybridized carbons (Fsp3) is 0.364. The summed E-state index contributed by atoms with van der Waals surface area (Å²) in [6.45, 7) is 5.55. The van der Waals surface area contributed by atoms with E-state index in [9.17, 15) is 9.59 Å². The smallest absolute Gasteiger partial charge is 0.344 e. The van der Waals surface area contributed by atoms with Crippen LogP contribution in [0.25, 0.3) is 0 Å². The number of esters is 1. The summed E-state index contributed by atoms with van der Waals surface area (Å²) in [6, 6.07) is 10.6. The highest BCUT2D eigenvalue weighted by Crippen LogP contribution is 2.29. The van der Waals surface area contributed by atoms with Crippen molar-refractivity contribution in [3.8, 4) is 17.2 Å². The van der Waals surface area contributed by atoms with Gasteiger partial charge in [-0.15, -0.1) is 0 Å². The predicted molar refractivity (Wildman–Crippen MR) is 110 cm³/mol. The maximum atomic E-state index is 12.0. The molecule has 0 spiro atoms. The van der Waals surface area contributed by atoms with Crippen molar-refractivity contribution in [3.63, 3.8) is 0 Å². The second-order valence-corrected chi connectivity index (χ2v) is 6.74. The van der Waals surface area contributed by atoms with E-state index in [4.69, 9.17) is 18.9 Å². The fourth-order valence-corrected chi connectivity index (χ4v) is 2.83. The van der Waals surface area contributed by atoms with E-state index in [0.717, 1.165) is 5.56 Å². The monoisotopic (exact) mass is 401 g/mol. The van der Waals surface area contributed by atoms with Gasteiger partial charge < -0.3 is 24.3 Å². The fourth-order valence-electron chi connectivity index (χ4n) is 2.83. The van der Waals surface area contributed by atoms with Gasteiger partial charge in [-0.3, -0.25) is 4.79 Å². The first-order valence-corrected chi connectivity index (χ1v) is 9.25. The normalized spacial score (nSPS) is 10.4. The van der Waals surface area contributed by atoms with E-state index >= 15 is 0 Å². The number of ether oxygens (including phenoxy) is 4. The third kappa shape index (κ3) is 6.41. The number of hydrogen-bond donors (Lipinski definition) is 1. The lowest BCUT2D eigenvalue weighted by Crippen LogP contribution is -2.23. The maximum absolute atomic E-state index is 12.0. The van der Waals surface area contributed by atoms with Crippen LogP contribution in [0.5, 0.6) is 17.2 Å². The zero-order valence-corrected chi connectivity index (χ0v) is 17.4. The largest absolute Gasteiger partial charge is 0.493 e. The number of carbonyl (C=O) groups excluding carboxylic acids is 2. The van der Waals surface area contributed by atoms with E-state index in [0.29, 0.717) is 28.9 Å². The van der Waals surface area contributed by atoms with Crippen molar-refractivity contribution in [2.45, 2.75) is 26.7 Å². The van der Waals surface area contributed by atoms with Crippen LogP contribution in [-0.4, -0.2) is 39.3 Å². The molecular formula is C22H27NO6. The third-order valence-corrected chi connectivity index (χ3v) is 4.25. The van der Waals surface area contributed by atoms with Gasteiger partial charge in [-0.2, -0.15) is 0 Å². The molecule has 0 aliphatic heterocycles. The van der Waals surface area contributed by atoms with Crippen LogP contribution >= 0.6 is 0 Å². The molecule has 0 radical (unpaired) electrons. The molecule has 2 aromatic carbocycles. The molecule has 156 valence electrons. The molecule has 7 heteroatoms. The number of methoxy groups -OCH3 is 2. The Morgan fingerprint density at radius 3 is 2.31 bits per heavy atom. The number of anilines is 1. The first kappa shape index (κ1) is 22.1. The highest BCUT2D eigenvalue weighted by Gasteiger charge is 2.11. The van der Waals surface area contributed by atoms with Gasteiger partial charge in [-0.25, -0.2) is 4.79 Å². The summed E-state index contributed by atoms with van der Waals surface area (Å²) in [5, 5.41) is 2.63. The van der Waals surface area contributed by atoms with Crippen molar-refractivity contribution in [2.75, 3.05) is 32.8 Å². The van der Waals surface area contributed by atoms with Crippen LogP contribution in [0.2, 0.25) is 0 Å². The van der Waals surface area contributed by atoms with Crippen LogP contribution in [-0.2, 0) is 14.3 Å². The van der Waals surface area contributed by atoms with E-state index < -0.39 is 18.5 Å². The quantitative estimate of drug-likeness (QED) is 0.645. The van der Waals surface area contributed by atoms with E-state index in [-0.39, 0.29) is 6.61 Å². The van der Waals surface area contributed by atoms with Crippen LogP contribution in [0.4, 0.5) is 5.69 Å². The molecule has 1 N–H and O–H groups in total. The Morgan fingerprint density at radius 1 is 0.966 bits per heavy atom. The van der Waals surface area contributed by atoms with Crippen LogP contribution in [0.15, 0.2) is 36.4 Å². The van der Waals surface area contributed by atoms with Crippen molar-refractivity contribution in [2.24, 2.45) is 0 Å². The minimum absolute atomic E-state index is 0.274. The molecule has 0 aliphatic rings. The lowest BCUT2D eigenvalue weighted by Gasteiger charge is -2.12. The lowest BCUT2D eigenvalue weighted by molar-refractivity contribution is -0.149. The van der Waals surface area contributed by atoms with E-state index in [1.807, 2.05) is 25.1 Å². The third-order valence-electron chi connectivity index (χ3n) is 4.25. The van der Waals surface area contributed by atoms with Crippen LogP contribution in [0.1, 0.15) is 30.9 Å². The highest BCUT2D eigenvalue weighted by molar-refractivity contribution is 5.93. The summed E-state index contributed by atoms with van der Waals surface area (Å²) in [5.41, 5.74) is 2.83. The molecule has 0 atom stereocenters. The topological polar surface area (TPSA) is 83.1 Å². The van der Waals surface area contributed by atoms with Crippen molar-refractivity contribution in [3.05, 3.63) is 47.5 Å². The lowest BCUT2D eigenvalue weighted by atomic mass is 9.98. The Bertz CT molecular complexity index is 862. The van der Waals surface area contributed by atoms with Crippen LogP contribution < -0.4 is 19.5 Å². The van der Waals surface area contributed by atoms with Gasteiger partial charge in [0.25, 0.3) is 5.91 Å². The molecule has 0 heterocycles. The second-order valence-electron chi connectivity index (χ2n) is 6.74. The van der Waals surface area contributed by atoms with Gasteiger partial charge in [0.2, 0.25) is 0 Å². The number of nitrogens with one attached hydrogen (secondary N) is 1. The molecule has 1 amide bonds. The minimum Gasteiger partial charge on any atom is -0.493 e. The summed E-state index contributed by atoms with van der Waals surface area (Å²) in [4.78, 5) is 23.8. The van der Waals surface area contributed by atoms with Gasteiger partial charge in [0, 0.05) is 11.8 Å². The van der Waals surface area contributed by atoms with E-state index in [2.05, 4.69) is 19.2 Å². The molecule has 0 saturated carbocycles. The van der Waals surface area contributed by atoms with Gasteiger partial charge in [-0.05, 0) is 48.2 Å². The second kappa shape index (κ2) is 10.4. The number of hydrogen-bond acceptors (Lipinski definition) is 6. The zero-order valence-electron chi connectivity index (χ0n) is 17.4. The van der Waals surface area contributed by atoms with Gasteiger partial charge in [0.1, 0.15) is 5.75 Å². The van der Waals surface area contributed by atoms with Gasteiger partial charge in [-0.1, -0.05) is 19.9 Å². The minimum atomic E-state index is -0.627. The average molecular weight is 401 g/mol. The number of aryl methyl sites for hydroxylation is 1. The number of rotatable bonds is 9. The number of benzene rings is 2. The molecular weight excluding hydrogens is 374 g/mol. The van der Waals surface area contributed by atoms with E-state index in [1.165, 1.54) is 19.8 Å². The molecule has 7 nitrogen and oxygen atoms in total. The first-order valence-electron chi connectivity index (χ1n) is 9.25. The van der Waals surface area contributed by atoms with Crippen LogP contribution in [0.3, 0.4) is 0 Å². The number of amides is 1. The predicted octanol–water partition coefficient (Wildman–Crippen LogP) is 3.70. The van der Waals surface area contributed by atoms with Gasteiger partial charge in [0.05, 0.1) is 14.2 Å². The Hall–Kier alpha value is -3.22. The molecule has 0 unspecified atom stereocenters. The Kier molecular flexibility index (Phi) is 7.88. The first-order chi connectivity index (χ1) is 13.8. The molecule has 29 heavy (non-hydrogen) atoms. The van der Waals surface area contributed by atoms with Crippen molar-refractivity contribution in [1.29, 1.82) is 0 Å². The standard InChI is InChI=1S/C22H27NO6/c1-14(2)18-8-7-17(10-15(18)3)28-13-22(25)29-12-21(24)23-16-6-9-19(26-4)20(11-16)27-5/h6-11,14H,12-13H2,1-5H3,(H,23,24). The summed E-state index contributed by atoms with van der Waals surface area (Å²) in [6.07, 6.45) is 0. The van der Waals surface area contributed by atoms with Gasteiger partial charge >= 0.3 is 5.97 Å². The summed E-state index contributed by atoms with van der Waals surface area (Å²) >= 11 is 0. The molecule has 0 aliphatic carbocycles. The zero-order chi connectivity index (χ0) is 21.4. The van der Waals surface area contributed by atoms with Crippen molar-refractivity contribution < 1.29 is 28.5 Å². The molecule has 2 rings (SSSR count). The SMILES string of the molecule is COc1ccc(NC(=O)COC(=O)COc2ccc(C(C)C)c(C)c2)cc1OC. The highest BCUT2D eigenvalue weighted by atomic mass is 16.6. The summed E-state index contributed by atoms with van der Waals surface area (Å²) < 4.78 is 20.7. The Labute approximate surface area is 170 Å². The summed E-state index contributed by atoms with van der Waals surface area (Å²) in [7, 11) is 3.03. The van der Waals surface area contributed by atoms with Crippen molar-refractivity contribution in [1.82, 2.24) is 0 Å². The van der Waals surface area contributed by atoms with E-state index in [1.54, 1.807) is 18.2 Å². The molecule has 2 aromatic rings. The summed E-state index contributed by atoms with van der Waals surface area (Å²) in [5.74, 6) is 0.929.